The lowest BCUT2D eigenvalue weighted by Gasteiger charge is -2.18. The van der Waals surface area contributed by atoms with Crippen molar-refractivity contribution in [2.45, 2.75) is 6.42 Å². The van der Waals surface area contributed by atoms with Crippen LogP contribution in [0, 0.1) is 0 Å². The minimum atomic E-state index is 1.03. The molecule has 6 aromatic carbocycles. The van der Waals surface area contributed by atoms with E-state index in [9.17, 15) is 0 Å². The Bertz CT molecular complexity index is 1290. The fraction of sp³-hybridized carbons (Fsp3) is 0.0769. The van der Waals surface area contributed by atoms with Crippen molar-refractivity contribution in [1.29, 1.82) is 0 Å². The average molecular weight is 535 g/mol. The Hall–Kier alpha value is -5.08. The Labute approximate surface area is 245 Å². The highest BCUT2D eigenvalue weighted by atomic mass is 15.1. The fourth-order valence-corrected chi connectivity index (χ4v) is 4.33. The van der Waals surface area contributed by atoms with Gasteiger partial charge in [0.15, 0.2) is 0 Å². The van der Waals surface area contributed by atoms with E-state index in [1.165, 1.54) is 33.9 Å². The molecule has 0 saturated carbocycles. The van der Waals surface area contributed by atoms with Crippen LogP contribution < -0.4 is 9.80 Å². The Morgan fingerprint density at radius 1 is 0.293 bits per heavy atom. The zero-order valence-electron chi connectivity index (χ0n) is 23.9. The second-order valence-corrected chi connectivity index (χ2v) is 9.61. The van der Waals surface area contributed by atoms with Crippen molar-refractivity contribution in [3.8, 4) is 0 Å². The minimum Gasteiger partial charge on any atom is -0.345 e. The predicted molar refractivity (Wildman–Crippen MR) is 178 cm³/mol. The van der Waals surface area contributed by atoms with Crippen LogP contribution in [0.4, 0.5) is 22.7 Å². The maximum atomic E-state index is 2.17. The number of nitrogens with zero attached hydrogens (tertiary/aromatic N) is 2. The monoisotopic (exact) mass is 534 g/mol. The third-order valence-corrected chi connectivity index (χ3v) is 6.67. The molecule has 0 aliphatic heterocycles. The zero-order chi connectivity index (χ0) is 28.5. The van der Waals surface area contributed by atoms with E-state index in [-0.39, 0.29) is 0 Å². The first-order valence-corrected chi connectivity index (χ1v) is 14.0. The molecular weight excluding hydrogens is 496 g/mol. The van der Waals surface area contributed by atoms with E-state index in [4.69, 9.17) is 0 Å². The highest BCUT2D eigenvalue weighted by Gasteiger charge is 2.01. The molecule has 0 amide bonds. The second kappa shape index (κ2) is 16.1. The zero-order valence-corrected chi connectivity index (χ0v) is 23.9. The van der Waals surface area contributed by atoms with E-state index >= 15 is 0 Å². The van der Waals surface area contributed by atoms with Gasteiger partial charge >= 0.3 is 0 Å². The van der Waals surface area contributed by atoms with E-state index < -0.39 is 0 Å². The SMILES string of the molecule is CN(c1ccccc1)c1ccccc1.CN(c1ccccc1)c1ccccc1.c1ccc(Cc2ccccc2)cc1. The van der Waals surface area contributed by atoms with Crippen LogP contribution in [0.15, 0.2) is 182 Å². The molecule has 6 aromatic rings. The van der Waals surface area contributed by atoms with Crippen LogP contribution in [0.3, 0.4) is 0 Å². The van der Waals surface area contributed by atoms with Crippen LogP contribution >= 0.6 is 0 Å². The highest BCUT2D eigenvalue weighted by Crippen LogP contribution is 2.23. The lowest BCUT2D eigenvalue weighted by molar-refractivity contribution is 1.19. The molecule has 204 valence electrons. The van der Waals surface area contributed by atoms with Gasteiger partial charge in [-0.1, -0.05) is 133 Å². The molecule has 2 heteroatoms. The number of hydrogen-bond acceptors (Lipinski definition) is 2. The van der Waals surface area contributed by atoms with E-state index in [0.717, 1.165) is 6.42 Å². The summed E-state index contributed by atoms with van der Waals surface area (Å²) in [6.45, 7) is 0. The molecule has 0 aliphatic rings. The van der Waals surface area contributed by atoms with Gasteiger partial charge in [-0.15, -0.1) is 0 Å². The molecule has 0 fully saturated rings. The van der Waals surface area contributed by atoms with Gasteiger partial charge in [0.05, 0.1) is 0 Å². The molecule has 0 aliphatic carbocycles. The number of benzene rings is 6. The second-order valence-electron chi connectivity index (χ2n) is 9.61. The fourth-order valence-electron chi connectivity index (χ4n) is 4.33. The number of rotatable bonds is 6. The molecular formula is C39H38N2. The van der Waals surface area contributed by atoms with Crippen LogP contribution in [0.2, 0.25) is 0 Å². The molecule has 2 nitrogen and oxygen atoms in total. The summed E-state index contributed by atoms with van der Waals surface area (Å²) in [5.41, 5.74) is 7.57. The van der Waals surface area contributed by atoms with Crippen molar-refractivity contribution in [2.24, 2.45) is 0 Å². The molecule has 0 saturated heterocycles. The lowest BCUT2D eigenvalue weighted by Crippen LogP contribution is -2.08. The topological polar surface area (TPSA) is 6.48 Å². The summed E-state index contributed by atoms with van der Waals surface area (Å²) in [6, 6.07) is 62.4. The summed E-state index contributed by atoms with van der Waals surface area (Å²) in [5.74, 6) is 0. The molecule has 0 radical (unpaired) electrons. The summed E-state index contributed by atoms with van der Waals surface area (Å²) < 4.78 is 0. The molecule has 0 heterocycles. The number of para-hydroxylation sites is 4. The lowest BCUT2D eigenvalue weighted by atomic mass is 10.1. The van der Waals surface area contributed by atoms with Crippen molar-refractivity contribution in [2.75, 3.05) is 23.9 Å². The summed E-state index contributed by atoms with van der Waals surface area (Å²) in [6.07, 6.45) is 1.03. The predicted octanol–water partition coefficient (Wildman–Crippen LogP) is 10.2. The van der Waals surface area contributed by atoms with Gasteiger partial charge in [-0.3, -0.25) is 0 Å². The van der Waals surface area contributed by atoms with Gasteiger partial charge in [0, 0.05) is 36.8 Å². The molecule has 0 atom stereocenters. The molecule has 0 N–H and O–H groups in total. The van der Waals surface area contributed by atoms with Crippen LogP contribution in [-0.2, 0) is 6.42 Å². The van der Waals surface area contributed by atoms with Crippen LogP contribution in [0.1, 0.15) is 11.1 Å². The first-order chi connectivity index (χ1) is 20.2. The Morgan fingerprint density at radius 2 is 0.488 bits per heavy atom. The van der Waals surface area contributed by atoms with Gasteiger partial charge in [-0.05, 0) is 66.1 Å². The maximum Gasteiger partial charge on any atom is 0.0408 e. The van der Waals surface area contributed by atoms with Gasteiger partial charge in [0.25, 0.3) is 0 Å². The smallest absolute Gasteiger partial charge is 0.0408 e. The van der Waals surface area contributed by atoms with Crippen molar-refractivity contribution in [1.82, 2.24) is 0 Å². The van der Waals surface area contributed by atoms with E-state index in [1.807, 2.05) is 24.3 Å². The summed E-state index contributed by atoms with van der Waals surface area (Å²) in [5, 5.41) is 0. The van der Waals surface area contributed by atoms with Crippen molar-refractivity contribution < 1.29 is 0 Å². The standard InChI is InChI=1S/2C13H13N.C13H12/c2*1-14(12-8-4-2-5-9-12)13-10-6-3-7-11-13;1-3-7-12(8-4-1)11-13-9-5-2-6-10-13/h2*2-11H,1H3;1-10H,11H2. The average Bonchev–Trinajstić information content (AvgIpc) is 3.07. The molecule has 0 unspecified atom stereocenters. The Morgan fingerprint density at radius 3 is 0.707 bits per heavy atom. The molecule has 0 spiro atoms. The molecule has 6 rings (SSSR count). The minimum absolute atomic E-state index is 1.03. The molecule has 41 heavy (non-hydrogen) atoms. The Kier molecular flexibility index (Phi) is 11.4. The summed E-state index contributed by atoms with van der Waals surface area (Å²) >= 11 is 0. The van der Waals surface area contributed by atoms with Gasteiger partial charge in [0.1, 0.15) is 0 Å². The number of hydrogen-bond donors (Lipinski definition) is 0. The molecule has 0 aromatic heterocycles. The van der Waals surface area contributed by atoms with Crippen LogP contribution in [-0.4, -0.2) is 14.1 Å². The van der Waals surface area contributed by atoms with Crippen LogP contribution in [0.25, 0.3) is 0 Å². The first-order valence-electron chi connectivity index (χ1n) is 14.0. The van der Waals surface area contributed by atoms with E-state index in [1.54, 1.807) is 0 Å². The van der Waals surface area contributed by atoms with Gasteiger partial charge in [-0.2, -0.15) is 0 Å². The van der Waals surface area contributed by atoms with Gasteiger partial charge in [0.2, 0.25) is 0 Å². The largest absolute Gasteiger partial charge is 0.345 e. The number of anilines is 4. The quantitative estimate of drug-likeness (QED) is 0.210. The van der Waals surface area contributed by atoms with Crippen molar-refractivity contribution in [3.63, 3.8) is 0 Å². The van der Waals surface area contributed by atoms with Crippen molar-refractivity contribution in [3.05, 3.63) is 193 Å². The van der Waals surface area contributed by atoms with Gasteiger partial charge < -0.3 is 9.80 Å². The van der Waals surface area contributed by atoms with Crippen LogP contribution in [0.5, 0.6) is 0 Å². The van der Waals surface area contributed by atoms with E-state index in [2.05, 4.69) is 182 Å². The van der Waals surface area contributed by atoms with E-state index in [0.29, 0.717) is 0 Å². The molecule has 0 bridgehead atoms. The maximum absolute atomic E-state index is 2.17. The van der Waals surface area contributed by atoms with Crippen molar-refractivity contribution >= 4 is 22.7 Å². The normalized spacial score (nSPS) is 9.80. The summed E-state index contributed by atoms with van der Waals surface area (Å²) in [7, 11) is 4.15. The Balaban J connectivity index is 0.000000142. The van der Waals surface area contributed by atoms with Gasteiger partial charge in [-0.25, -0.2) is 0 Å². The first kappa shape index (κ1) is 28.9. The third-order valence-electron chi connectivity index (χ3n) is 6.67. The summed E-state index contributed by atoms with van der Waals surface area (Å²) in [4.78, 5) is 4.33. The highest BCUT2D eigenvalue weighted by molar-refractivity contribution is 5.62. The third kappa shape index (κ3) is 9.56.